The molecule has 5 heteroatoms. The van der Waals surface area contributed by atoms with Gasteiger partial charge in [-0.3, -0.25) is 0 Å². The van der Waals surface area contributed by atoms with Crippen LogP contribution in [-0.4, -0.2) is 43.6 Å². The van der Waals surface area contributed by atoms with Crippen molar-refractivity contribution in [1.29, 1.82) is 0 Å². The Kier molecular flexibility index (Phi) is 3.89. The van der Waals surface area contributed by atoms with E-state index < -0.39 is 0 Å². The van der Waals surface area contributed by atoms with Gasteiger partial charge in [-0.1, -0.05) is 6.42 Å². The molecule has 116 valence electrons. The van der Waals surface area contributed by atoms with Gasteiger partial charge >= 0.3 is 0 Å². The highest BCUT2D eigenvalue weighted by Crippen LogP contribution is 2.32. The first-order valence-corrected chi connectivity index (χ1v) is 8.42. The van der Waals surface area contributed by atoms with Gasteiger partial charge in [0.1, 0.15) is 12.2 Å². The van der Waals surface area contributed by atoms with E-state index in [9.17, 15) is 0 Å². The topological polar surface area (TPSA) is 46.8 Å². The van der Waals surface area contributed by atoms with Gasteiger partial charge in [-0.2, -0.15) is 0 Å². The maximum Gasteiger partial charge on any atom is 0.143 e. The lowest BCUT2D eigenvalue weighted by Crippen LogP contribution is -2.49. The lowest BCUT2D eigenvalue weighted by Gasteiger charge is -2.44. The van der Waals surface area contributed by atoms with Crippen LogP contribution in [-0.2, 0) is 6.54 Å². The van der Waals surface area contributed by atoms with Gasteiger partial charge < -0.3 is 9.47 Å². The molecule has 2 aliphatic heterocycles. The zero-order chi connectivity index (χ0) is 14.8. The lowest BCUT2D eigenvalue weighted by atomic mass is 9.83. The van der Waals surface area contributed by atoms with E-state index >= 15 is 0 Å². The first kappa shape index (κ1) is 13.9. The van der Waals surface area contributed by atoms with Crippen LogP contribution in [0.2, 0.25) is 0 Å². The summed E-state index contributed by atoms with van der Waals surface area (Å²) in [5, 5.41) is 0. The van der Waals surface area contributed by atoms with E-state index in [2.05, 4.69) is 30.6 Å². The number of fused-ring (bicyclic) bond motifs is 1. The Hall–Kier alpha value is -1.75. The van der Waals surface area contributed by atoms with E-state index in [1.807, 2.05) is 18.6 Å². The second-order valence-electron chi connectivity index (χ2n) is 6.53. The van der Waals surface area contributed by atoms with E-state index in [-0.39, 0.29) is 0 Å². The maximum absolute atomic E-state index is 4.53. The summed E-state index contributed by atoms with van der Waals surface area (Å²) in [7, 11) is 0. The van der Waals surface area contributed by atoms with E-state index in [0.29, 0.717) is 0 Å². The van der Waals surface area contributed by atoms with Crippen molar-refractivity contribution in [2.24, 2.45) is 5.92 Å². The molecule has 0 bridgehead atoms. The van der Waals surface area contributed by atoms with Crippen molar-refractivity contribution in [3.63, 3.8) is 0 Å². The molecule has 2 saturated heterocycles. The standard InChI is InChI=1S/C17H23N5/c1-2-7-21-8-3-4-14(16(21)5-1)12-22-9-6-20-17(22)15-10-18-13-19-11-15/h6,9-11,13-14,16H,1-5,7-8,12H2/t14-,16+/m0/s1. The van der Waals surface area contributed by atoms with Crippen molar-refractivity contribution in [3.05, 3.63) is 31.1 Å². The molecule has 2 aromatic heterocycles. The number of rotatable bonds is 3. The fraction of sp³-hybridized carbons (Fsp3) is 0.588. The molecule has 0 saturated carbocycles. The molecule has 0 spiro atoms. The zero-order valence-electron chi connectivity index (χ0n) is 12.9. The van der Waals surface area contributed by atoms with Gasteiger partial charge in [0.05, 0.1) is 5.56 Å². The lowest BCUT2D eigenvalue weighted by molar-refractivity contribution is 0.0521. The second kappa shape index (κ2) is 6.16. The van der Waals surface area contributed by atoms with Gasteiger partial charge in [0.25, 0.3) is 0 Å². The molecular formula is C17H23N5. The van der Waals surface area contributed by atoms with E-state index in [1.165, 1.54) is 45.2 Å². The monoisotopic (exact) mass is 297 g/mol. The van der Waals surface area contributed by atoms with Crippen LogP contribution in [0.15, 0.2) is 31.1 Å². The van der Waals surface area contributed by atoms with Gasteiger partial charge in [0.2, 0.25) is 0 Å². The van der Waals surface area contributed by atoms with Crippen LogP contribution in [0.25, 0.3) is 11.4 Å². The normalized spacial score (nSPS) is 25.8. The number of hydrogen-bond acceptors (Lipinski definition) is 4. The predicted molar refractivity (Wildman–Crippen MR) is 85.2 cm³/mol. The Morgan fingerprint density at radius 3 is 2.82 bits per heavy atom. The highest BCUT2D eigenvalue weighted by Gasteiger charge is 2.33. The number of imidazole rings is 1. The third-order valence-corrected chi connectivity index (χ3v) is 5.19. The SMILES string of the molecule is c1ncc(-c2nccn2C[C@@H]2CCCN3CCCC[C@H]23)cn1. The first-order valence-electron chi connectivity index (χ1n) is 8.42. The quantitative estimate of drug-likeness (QED) is 0.873. The molecule has 0 amide bonds. The molecule has 4 rings (SSSR count). The molecule has 0 N–H and O–H groups in total. The Balaban J connectivity index is 1.55. The summed E-state index contributed by atoms with van der Waals surface area (Å²) >= 11 is 0. The molecule has 2 aliphatic rings. The van der Waals surface area contributed by atoms with Gasteiger partial charge in [-0.15, -0.1) is 0 Å². The third kappa shape index (κ3) is 2.65. The van der Waals surface area contributed by atoms with Crippen LogP contribution in [0.5, 0.6) is 0 Å². The number of piperidine rings is 2. The average molecular weight is 297 g/mol. The van der Waals surface area contributed by atoms with Crippen molar-refractivity contribution in [1.82, 2.24) is 24.4 Å². The van der Waals surface area contributed by atoms with Crippen LogP contribution < -0.4 is 0 Å². The molecule has 2 fully saturated rings. The summed E-state index contributed by atoms with van der Waals surface area (Å²) in [5.41, 5.74) is 1.00. The average Bonchev–Trinajstić information content (AvgIpc) is 3.04. The van der Waals surface area contributed by atoms with Crippen LogP contribution in [0.3, 0.4) is 0 Å². The second-order valence-corrected chi connectivity index (χ2v) is 6.53. The summed E-state index contributed by atoms with van der Waals surface area (Å²) in [6.45, 7) is 3.65. The van der Waals surface area contributed by atoms with Crippen LogP contribution >= 0.6 is 0 Å². The maximum atomic E-state index is 4.53. The fourth-order valence-electron chi connectivity index (χ4n) is 4.17. The highest BCUT2D eigenvalue weighted by atomic mass is 15.2. The molecule has 0 aliphatic carbocycles. The summed E-state index contributed by atoms with van der Waals surface area (Å²) in [4.78, 5) is 15.5. The molecule has 5 nitrogen and oxygen atoms in total. The number of aromatic nitrogens is 4. The van der Waals surface area contributed by atoms with Crippen molar-refractivity contribution < 1.29 is 0 Å². The minimum Gasteiger partial charge on any atom is -0.331 e. The van der Waals surface area contributed by atoms with E-state index in [1.54, 1.807) is 6.33 Å². The zero-order valence-corrected chi connectivity index (χ0v) is 12.9. The summed E-state index contributed by atoms with van der Waals surface area (Å²) in [5.74, 6) is 1.74. The number of nitrogens with zero attached hydrogens (tertiary/aromatic N) is 5. The third-order valence-electron chi connectivity index (χ3n) is 5.19. The van der Waals surface area contributed by atoms with Gasteiger partial charge in [0.15, 0.2) is 0 Å². The molecule has 2 atom stereocenters. The summed E-state index contributed by atoms with van der Waals surface area (Å²) < 4.78 is 2.29. The Morgan fingerprint density at radius 2 is 1.91 bits per heavy atom. The minimum atomic E-state index is 0.742. The highest BCUT2D eigenvalue weighted by molar-refractivity contribution is 5.52. The largest absolute Gasteiger partial charge is 0.331 e. The predicted octanol–water partition coefficient (Wildman–Crippen LogP) is 2.60. The van der Waals surface area contributed by atoms with Crippen molar-refractivity contribution >= 4 is 0 Å². The van der Waals surface area contributed by atoms with Crippen LogP contribution in [0.1, 0.15) is 32.1 Å². The van der Waals surface area contributed by atoms with Crippen LogP contribution in [0, 0.1) is 5.92 Å². The molecule has 22 heavy (non-hydrogen) atoms. The summed E-state index contributed by atoms with van der Waals surface area (Å²) in [6.07, 6.45) is 16.1. The number of hydrogen-bond donors (Lipinski definition) is 0. The first-order chi connectivity index (χ1) is 10.9. The van der Waals surface area contributed by atoms with Crippen molar-refractivity contribution in [2.75, 3.05) is 13.1 Å². The smallest absolute Gasteiger partial charge is 0.143 e. The Morgan fingerprint density at radius 1 is 1.05 bits per heavy atom. The van der Waals surface area contributed by atoms with Gasteiger partial charge in [-0.05, 0) is 44.7 Å². The van der Waals surface area contributed by atoms with E-state index in [4.69, 9.17) is 0 Å². The Bertz CT molecular complexity index is 607. The Labute approximate surface area is 131 Å². The molecule has 2 aromatic rings. The minimum absolute atomic E-state index is 0.742. The van der Waals surface area contributed by atoms with Gasteiger partial charge in [-0.25, -0.2) is 15.0 Å². The van der Waals surface area contributed by atoms with Gasteiger partial charge in [0, 0.05) is 37.4 Å². The van der Waals surface area contributed by atoms with E-state index in [0.717, 1.165) is 29.9 Å². The molecular weight excluding hydrogens is 274 g/mol. The molecule has 0 aromatic carbocycles. The fourth-order valence-corrected chi connectivity index (χ4v) is 4.17. The molecule has 0 radical (unpaired) electrons. The molecule has 4 heterocycles. The summed E-state index contributed by atoms with van der Waals surface area (Å²) in [6, 6.07) is 0.768. The van der Waals surface area contributed by atoms with Crippen molar-refractivity contribution in [2.45, 2.75) is 44.7 Å². The van der Waals surface area contributed by atoms with Crippen molar-refractivity contribution in [3.8, 4) is 11.4 Å². The molecule has 0 unspecified atom stereocenters. The van der Waals surface area contributed by atoms with Crippen LogP contribution in [0.4, 0.5) is 0 Å².